The molecule has 0 aromatic rings. The molecule has 0 radical (unpaired) electrons. The number of nitrogens with zero attached hydrogens (tertiary/aromatic N) is 1. The zero-order valence-corrected chi connectivity index (χ0v) is 11.5. The molecule has 1 saturated carbocycles. The average Bonchev–Trinajstić information content (AvgIpc) is 2.53. The van der Waals surface area contributed by atoms with Crippen LogP contribution in [-0.2, 0) is 4.79 Å². The number of hydrogen-bond donors (Lipinski definition) is 1. The third-order valence-corrected chi connectivity index (χ3v) is 4.22. The summed E-state index contributed by atoms with van der Waals surface area (Å²) in [6.45, 7) is 4.40. The highest BCUT2D eigenvalue weighted by atomic mass is 16.4. The third kappa shape index (κ3) is 3.98. The summed E-state index contributed by atoms with van der Waals surface area (Å²) in [7, 11) is 2.10. The van der Waals surface area contributed by atoms with Crippen molar-refractivity contribution in [2.24, 2.45) is 5.92 Å². The Morgan fingerprint density at radius 1 is 1.35 bits per heavy atom. The van der Waals surface area contributed by atoms with E-state index in [1.807, 2.05) is 0 Å². The number of rotatable bonds is 5. The molecule has 0 amide bonds. The molecule has 1 rings (SSSR count). The monoisotopic (exact) mass is 241 g/mol. The smallest absolute Gasteiger partial charge is 0.308 e. The van der Waals surface area contributed by atoms with Crippen molar-refractivity contribution in [2.45, 2.75) is 70.9 Å². The van der Waals surface area contributed by atoms with Crippen LogP contribution in [0.5, 0.6) is 0 Å². The topological polar surface area (TPSA) is 40.5 Å². The van der Waals surface area contributed by atoms with E-state index in [1.165, 1.54) is 12.8 Å². The summed E-state index contributed by atoms with van der Waals surface area (Å²) in [6.07, 6.45) is 7.65. The molecule has 0 heterocycles. The van der Waals surface area contributed by atoms with E-state index in [2.05, 4.69) is 25.8 Å². The first-order valence-electron chi connectivity index (χ1n) is 7.02. The van der Waals surface area contributed by atoms with Crippen molar-refractivity contribution in [3.8, 4) is 0 Å². The van der Waals surface area contributed by atoms with E-state index >= 15 is 0 Å². The van der Waals surface area contributed by atoms with Crippen LogP contribution in [0.25, 0.3) is 0 Å². The standard InChI is InChI=1S/C14H27NO2/c1-4-8-11(2)15(3)13-10-7-5-6-9-12(13)14(16)17/h11-13H,4-10H2,1-3H3,(H,16,17). The fraction of sp³-hybridized carbons (Fsp3) is 0.929. The lowest BCUT2D eigenvalue weighted by atomic mass is 9.92. The molecule has 0 saturated heterocycles. The van der Waals surface area contributed by atoms with Crippen molar-refractivity contribution in [2.75, 3.05) is 7.05 Å². The number of carboxylic acids is 1. The highest BCUT2D eigenvalue weighted by Crippen LogP contribution is 2.28. The molecule has 3 heteroatoms. The molecule has 3 nitrogen and oxygen atoms in total. The minimum Gasteiger partial charge on any atom is -0.481 e. The molecule has 0 aliphatic heterocycles. The molecule has 0 bridgehead atoms. The summed E-state index contributed by atoms with van der Waals surface area (Å²) in [5.41, 5.74) is 0. The molecule has 3 atom stereocenters. The van der Waals surface area contributed by atoms with Gasteiger partial charge < -0.3 is 5.11 Å². The number of carboxylic acid groups (broad SMARTS) is 1. The van der Waals surface area contributed by atoms with E-state index in [0.29, 0.717) is 6.04 Å². The molecule has 1 fully saturated rings. The number of aliphatic carboxylic acids is 1. The van der Waals surface area contributed by atoms with Gasteiger partial charge in [-0.1, -0.05) is 32.6 Å². The fourth-order valence-corrected chi connectivity index (χ4v) is 3.01. The van der Waals surface area contributed by atoms with E-state index < -0.39 is 5.97 Å². The summed E-state index contributed by atoms with van der Waals surface area (Å²) >= 11 is 0. The largest absolute Gasteiger partial charge is 0.481 e. The Labute approximate surface area is 105 Å². The molecular formula is C14H27NO2. The van der Waals surface area contributed by atoms with Gasteiger partial charge in [-0.15, -0.1) is 0 Å². The van der Waals surface area contributed by atoms with Crippen molar-refractivity contribution in [3.05, 3.63) is 0 Å². The van der Waals surface area contributed by atoms with Gasteiger partial charge in [-0.3, -0.25) is 9.69 Å². The average molecular weight is 241 g/mol. The maximum atomic E-state index is 11.4. The van der Waals surface area contributed by atoms with E-state index in [4.69, 9.17) is 0 Å². The lowest BCUT2D eigenvalue weighted by Crippen LogP contribution is -2.45. The van der Waals surface area contributed by atoms with Crippen LogP contribution in [0.3, 0.4) is 0 Å². The zero-order chi connectivity index (χ0) is 12.8. The second kappa shape index (κ2) is 7.00. The second-order valence-electron chi connectivity index (χ2n) is 5.45. The van der Waals surface area contributed by atoms with Crippen LogP contribution in [0.1, 0.15) is 58.8 Å². The Morgan fingerprint density at radius 3 is 2.59 bits per heavy atom. The van der Waals surface area contributed by atoms with E-state index in [1.54, 1.807) is 0 Å². The summed E-state index contributed by atoms with van der Waals surface area (Å²) in [6, 6.07) is 0.724. The van der Waals surface area contributed by atoms with E-state index in [-0.39, 0.29) is 12.0 Å². The van der Waals surface area contributed by atoms with Crippen molar-refractivity contribution in [3.63, 3.8) is 0 Å². The fourth-order valence-electron chi connectivity index (χ4n) is 3.01. The maximum absolute atomic E-state index is 11.4. The quantitative estimate of drug-likeness (QED) is 0.752. The lowest BCUT2D eigenvalue weighted by molar-refractivity contribution is -0.144. The summed E-state index contributed by atoms with van der Waals surface area (Å²) < 4.78 is 0. The maximum Gasteiger partial charge on any atom is 0.308 e. The first-order valence-corrected chi connectivity index (χ1v) is 7.02. The van der Waals surface area contributed by atoms with Gasteiger partial charge in [-0.2, -0.15) is 0 Å². The van der Waals surface area contributed by atoms with Gasteiger partial charge in [0.1, 0.15) is 0 Å². The molecule has 0 aromatic heterocycles. The van der Waals surface area contributed by atoms with Crippen LogP contribution in [0.2, 0.25) is 0 Å². The molecule has 3 unspecified atom stereocenters. The Hall–Kier alpha value is -0.570. The van der Waals surface area contributed by atoms with Crippen molar-refractivity contribution in [1.82, 2.24) is 4.90 Å². The summed E-state index contributed by atoms with van der Waals surface area (Å²) in [5, 5.41) is 9.37. The molecule has 100 valence electrons. The minimum absolute atomic E-state index is 0.165. The molecule has 17 heavy (non-hydrogen) atoms. The number of carbonyl (C=O) groups is 1. The first kappa shape index (κ1) is 14.5. The van der Waals surface area contributed by atoms with E-state index in [9.17, 15) is 9.90 Å². The van der Waals surface area contributed by atoms with Gasteiger partial charge in [-0.05, 0) is 33.2 Å². The molecular weight excluding hydrogens is 214 g/mol. The van der Waals surface area contributed by atoms with Crippen LogP contribution in [0, 0.1) is 5.92 Å². The predicted molar refractivity (Wildman–Crippen MR) is 70.1 cm³/mol. The Balaban J connectivity index is 2.70. The molecule has 0 aromatic carbocycles. The van der Waals surface area contributed by atoms with Gasteiger partial charge in [0.25, 0.3) is 0 Å². The zero-order valence-electron chi connectivity index (χ0n) is 11.5. The highest BCUT2D eigenvalue weighted by Gasteiger charge is 2.33. The van der Waals surface area contributed by atoms with Crippen LogP contribution in [0.15, 0.2) is 0 Å². The summed E-state index contributed by atoms with van der Waals surface area (Å²) in [5.74, 6) is -0.769. The molecule has 0 spiro atoms. The number of hydrogen-bond acceptors (Lipinski definition) is 2. The highest BCUT2D eigenvalue weighted by molar-refractivity contribution is 5.70. The van der Waals surface area contributed by atoms with Gasteiger partial charge in [0, 0.05) is 12.1 Å². The normalized spacial score (nSPS) is 27.8. The van der Waals surface area contributed by atoms with Crippen molar-refractivity contribution >= 4 is 5.97 Å². The van der Waals surface area contributed by atoms with Gasteiger partial charge in [-0.25, -0.2) is 0 Å². The lowest BCUT2D eigenvalue weighted by Gasteiger charge is -2.35. The van der Waals surface area contributed by atoms with Crippen molar-refractivity contribution in [1.29, 1.82) is 0 Å². The van der Waals surface area contributed by atoms with Crippen LogP contribution < -0.4 is 0 Å². The minimum atomic E-state index is -0.604. The van der Waals surface area contributed by atoms with E-state index in [0.717, 1.165) is 32.1 Å². The molecule has 1 N–H and O–H groups in total. The van der Waals surface area contributed by atoms with Gasteiger partial charge in [0.2, 0.25) is 0 Å². The Bertz CT molecular complexity index is 242. The van der Waals surface area contributed by atoms with Gasteiger partial charge >= 0.3 is 5.97 Å². The van der Waals surface area contributed by atoms with Crippen LogP contribution in [-0.4, -0.2) is 35.1 Å². The van der Waals surface area contributed by atoms with Crippen LogP contribution >= 0.6 is 0 Å². The van der Waals surface area contributed by atoms with Crippen LogP contribution in [0.4, 0.5) is 0 Å². The predicted octanol–water partition coefficient (Wildman–Crippen LogP) is 3.14. The van der Waals surface area contributed by atoms with Crippen molar-refractivity contribution < 1.29 is 9.90 Å². The first-order chi connectivity index (χ1) is 8.07. The molecule has 1 aliphatic carbocycles. The summed E-state index contributed by atoms with van der Waals surface area (Å²) in [4.78, 5) is 13.7. The Kier molecular flexibility index (Phi) is 5.96. The van der Waals surface area contributed by atoms with Gasteiger partial charge in [0.15, 0.2) is 0 Å². The second-order valence-corrected chi connectivity index (χ2v) is 5.45. The third-order valence-electron chi connectivity index (χ3n) is 4.22. The van der Waals surface area contributed by atoms with Gasteiger partial charge in [0.05, 0.1) is 5.92 Å². The SMILES string of the molecule is CCCC(C)N(C)C1CCCCCC1C(=O)O. The Morgan fingerprint density at radius 2 is 2.00 bits per heavy atom. The molecule has 1 aliphatic rings.